The smallest absolute Gasteiger partial charge is 0.319 e. The van der Waals surface area contributed by atoms with Gasteiger partial charge < -0.3 is 35.0 Å². The van der Waals surface area contributed by atoms with Crippen LogP contribution in [0.1, 0.15) is 60.2 Å². The molecule has 2 fully saturated rings. The number of hydrogen-bond acceptors (Lipinski definition) is 13. The Morgan fingerprint density at radius 2 is 1.69 bits per heavy atom. The number of ether oxygens (including phenoxy) is 2. The zero-order valence-electron chi connectivity index (χ0n) is 35.1. The summed E-state index contributed by atoms with van der Waals surface area (Å²) >= 11 is 6.58. The molecule has 1 aromatic heterocycles. The molecule has 3 aliphatic heterocycles. The first-order valence-corrected chi connectivity index (χ1v) is 21.0. The van der Waals surface area contributed by atoms with Gasteiger partial charge in [-0.3, -0.25) is 43.8 Å². The average Bonchev–Trinajstić information content (AvgIpc) is 3.52. The molecular weight excluding hydrogens is 874 g/mol. The third-order valence-corrected chi connectivity index (χ3v) is 11.4. The fourth-order valence-corrected chi connectivity index (χ4v) is 8.23. The average molecular weight is 917 g/mol. The zero-order chi connectivity index (χ0) is 46.7. The van der Waals surface area contributed by atoms with Crippen molar-refractivity contribution in [3.05, 3.63) is 82.9 Å². The van der Waals surface area contributed by atoms with E-state index in [2.05, 4.69) is 32.5 Å². The van der Waals surface area contributed by atoms with Crippen molar-refractivity contribution >= 4 is 69.7 Å². The lowest BCUT2D eigenvalue weighted by Gasteiger charge is -2.44. The van der Waals surface area contributed by atoms with Gasteiger partial charge in [0, 0.05) is 55.6 Å². The number of imide groups is 2. The Kier molecular flexibility index (Phi) is 13.6. The molecule has 340 valence electrons. The molecule has 65 heavy (non-hydrogen) atoms. The van der Waals surface area contributed by atoms with Crippen LogP contribution in [0, 0.1) is 11.6 Å². The summed E-state index contributed by atoms with van der Waals surface area (Å²) in [5.74, 6) is -6.32. The van der Waals surface area contributed by atoms with Gasteiger partial charge in [-0.25, -0.2) is 8.78 Å². The zero-order valence-corrected chi connectivity index (χ0v) is 35.9. The van der Waals surface area contributed by atoms with Crippen molar-refractivity contribution in [3.8, 4) is 28.6 Å². The van der Waals surface area contributed by atoms with Gasteiger partial charge >= 0.3 is 6.01 Å². The predicted octanol–water partition coefficient (Wildman–Crippen LogP) is 3.42. The molecule has 3 aliphatic rings. The number of anilines is 1. The van der Waals surface area contributed by atoms with E-state index >= 15 is 8.78 Å². The van der Waals surface area contributed by atoms with Crippen LogP contribution >= 0.6 is 11.6 Å². The number of halogens is 3. The Labute approximate surface area is 374 Å². The minimum absolute atomic E-state index is 0.00221. The van der Waals surface area contributed by atoms with Crippen molar-refractivity contribution in [1.82, 2.24) is 35.7 Å². The number of aromatic nitrogens is 2. The summed E-state index contributed by atoms with van der Waals surface area (Å²) in [6, 6.07) is 7.04. The molecular formula is C44H43ClF2N8O10. The summed E-state index contributed by atoms with van der Waals surface area (Å²) in [7, 11) is 0. The molecule has 7 amide bonds. The van der Waals surface area contributed by atoms with E-state index in [0.29, 0.717) is 6.42 Å². The van der Waals surface area contributed by atoms with E-state index in [-0.39, 0.29) is 115 Å². The van der Waals surface area contributed by atoms with E-state index in [4.69, 9.17) is 21.1 Å². The maximum absolute atomic E-state index is 16.5. The van der Waals surface area contributed by atoms with Crippen LogP contribution in [0.15, 0.2) is 55.1 Å². The summed E-state index contributed by atoms with van der Waals surface area (Å²) in [6.07, 6.45) is 1.31. The second-order valence-corrected chi connectivity index (χ2v) is 15.9. The molecule has 3 aromatic carbocycles. The SMILES string of the molecule is C=CC(=O)N1C[C@H](C)N(c2nc(OCCC(=O)NCCCNC(=O)COc3cccc4c3C(=O)N(C3CCC(=O)NC3=O)C4=O)nc3c(F)c(-c4c(O)cccc4F)c(Cl)cc23)C[C@H]1C. The molecule has 0 spiro atoms. The van der Waals surface area contributed by atoms with Crippen molar-refractivity contribution in [3.63, 3.8) is 0 Å². The van der Waals surface area contributed by atoms with Gasteiger partial charge in [-0.2, -0.15) is 9.97 Å². The fraction of sp³-hybridized carbons (Fsp3) is 0.341. The molecule has 0 bridgehead atoms. The number of piperidine rings is 1. The van der Waals surface area contributed by atoms with E-state index in [1.807, 2.05) is 18.7 Å². The molecule has 4 heterocycles. The van der Waals surface area contributed by atoms with Crippen molar-refractivity contribution in [2.75, 3.05) is 44.3 Å². The van der Waals surface area contributed by atoms with Crippen LogP contribution < -0.4 is 30.3 Å². The van der Waals surface area contributed by atoms with Crippen molar-refractivity contribution in [2.45, 2.75) is 57.7 Å². The van der Waals surface area contributed by atoms with Crippen LogP contribution in [0.4, 0.5) is 14.6 Å². The predicted molar refractivity (Wildman–Crippen MR) is 229 cm³/mol. The van der Waals surface area contributed by atoms with Gasteiger partial charge in [0.05, 0.1) is 28.1 Å². The second kappa shape index (κ2) is 19.3. The Balaban J connectivity index is 0.940. The molecule has 3 atom stereocenters. The highest BCUT2D eigenvalue weighted by Gasteiger charge is 2.46. The van der Waals surface area contributed by atoms with Gasteiger partial charge in [-0.1, -0.05) is 30.3 Å². The van der Waals surface area contributed by atoms with Crippen molar-refractivity contribution in [1.29, 1.82) is 0 Å². The number of aromatic hydroxyl groups is 1. The first kappa shape index (κ1) is 45.8. The molecule has 7 rings (SSSR count). The number of hydrogen-bond donors (Lipinski definition) is 4. The number of nitrogens with one attached hydrogen (secondary N) is 3. The quantitative estimate of drug-likeness (QED) is 0.0763. The number of fused-ring (bicyclic) bond motifs is 2. The van der Waals surface area contributed by atoms with E-state index in [1.54, 1.807) is 4.90 Å². The number of carbonyl (C=O) groups excluding carboxylic acids is 7. The first-order valence-electron chi connectivity index (χ1n) is 20.6. The first-order chi connectivity index (χ1) is 31.1. The number of rotatable bonds is 15. The van der Waals surface area contributed by atoms with E-state index < -0.39 is 76.6 Å². The number of carbonyl (C=O) groups is 7. The van der Waals surface area contributed by atoms with E-state index in [9.17, 15) is 38.7 Å². The third-order valence-electron chi connectivity index (χ3n) is 11.1. The summed E-state index contributed by atoms with van der Waals surface area (Å²) in [5, 5.41) is 17.9. The standard InChI is InChI=1S/C44H43ClF2N8O10/c1-4-34(60)53-19-23(3)54(20-22(53)2)40-25-18-26(45)36(37-27(46)9-6-10-29(37)56)38(47)39(25)51-44(52-40)64-17-14-31(57)48-15-7-16-49-33(59)21-65-30-11-5-8-24-35(30)43(63)55(42(24)62)28-12-13-32(58)50-41(28)61/h4-6,8-11,18,22-23,28,56H,1,7,12-17,19-21H2,2-3H3,(H,48,57)(H,49,59)(H,50,58,61)/t22-,23+,28?/m1/s1. The topological polar surface area (TPSA) is 230 Å². The Morgan fingerprint density at radius 1 is 0.954 bits per heavy atom. The Morgan fingerprint density at radius 3 is 2.42 bits per heavy atom. The Bertz CT molecular complexity index is 2630. The highest BCUT2D eigenvalue weighted by atomic mass is 35.5. The summed E-state index contributed by atoms with van der Waals surface area (Å²) in [6.45, 7) is 7.35. The fourth-order valence-electron chi connectivity index (χ4n) is 7.94. The van der Waals surface area contributed by atoms with Crippen LogP contribution in [-0.2, 0) is 24.0 Å². The maximum atomic E-state index is 16.5. The third kappa shape index (κ3) is 9.38. The number of phenols is 1. The highest BCUT2D eigenvalue weighted by molar-refractivity contribution is 6.34. The monoisotopic (exact) mass is 916 g/mol. The lowest BCUT2D eigenvalue weighted by atomic mass is 10.0. The Hall–Kier alpha value is -7.22. The molecule has 0 saturated carbocycles. The van der Waals surface area contributed by atoms with Gasteiger partial charge in [-0.05, 0) is 63.1 Å². The van der Waals surface area contributed by atoms with E-state index in [0.717, 1.165) is 11.0 Å². The number of piperazine rings is 1. The molecule has 2 saturated heterocycles. The molecule has 21 heteroatoms. The number of phenolic OH excluding ortho intramolecular Hbond substituents is 1. The lowest BCUT2D eigenvalue weighted by molar-refractivity contribution is -0.136. The molecule has 0 aliphatic carbocycles. The van der Waals surface area contributed by atoms with Crippen molar-refractivity contribution in [2.24, 2.45) is 0 Å². The molecule has 4 N–H and O–H groups in total. The lowest BCUT2D eigenvalue weighted by Crippen LogP contribution is -2.58. The van der Waals surface area contributed by atoms with E-state index in [1.165, 1.54) is 42.5 Å². The van der Waals surface area contributed by atoms with Crippen LogP contribution in [0.25, 0.3) is 22.0 Å². The number of nitrogens with zero attached hydrogens (tertiary/aromatic N) is 5. The van der Waals surface area contributed by atoms with Crippen LogP contribution in [0.3, 0.4) is 0 Å². The number of benzene rings is 3. The normalized spacial score (nSPS) is 18.4. The van der Waals surface area contributed by atoms with Gasteiger partial charge in [0.15, 0.2) is 12.4 Å². The minimum atomic E-state index is -1.16. The molecule has 0 radical (unpaired) electrons. The maximum Gasteiger partial charge on any atom is 0.319 e. The summed E-state index contributed by atoms with van der Waals surface area (Å²) < 4.78 is 42.9. The van der Waals surface area contributed by atoms with Crippen LogP contribution in [-0.4, -0.2) is 124 Å². The van der Waals surface area contributed by atoms with Gasteiger partial charge in [-0.15, -0.1) is 0 Å². The van der Waals surface area contributed by atoms with Gasteiger partial charge in [0.25, 0.3) is 17.7 Å². The van der Waals surface area contributed by atoms with Gasteiger partial charge in [0.2, 0.25) is 23.6 Å². The molecule has 4 aromatic rings. The molecule has 18 nitrogen and oxygen atoms in total. The highest BCUT2D eigenvalue weighted by Crippen LogP contribution is 2.43. The molecule has 1 unspecified atom stereocenters. The summed E-state index contributed by atoms with van der Waals surface area (Å²) in [5.41, 5.74) is -1.27. The second-order valence-electron chi connectivity index (χ2n) is 15.5. The largest absolute Gasteiger partial charge is 0.507 e. The number of amides is 7. The minimum Gasteiger partial charge on any atom is -0.507 e. The van der Waals surface area contributed by atoms with Crippen LogP contribution in [0.2, 0.25) is 5.02 Å². The van der Waals surface area contributed by atoms with Gasteiger partial charge in [0.1, 0.15) is 41.3 Å². The summed E-state index contributed by atoms with van der Waals surface area (Å²) in [4.78, 5) is 101. The van der Waals surface area contributed by atoms with Crippen molar-refractivity contribution < 1.29 is 56.9 Å². The van der Waals surface area contributed by atoms with Crippen LogP contribution in [0.5, 0.6) is 17.5 Å².